The van der Waals surface area contributed by atoms with Crippen molar-refractivity contribution in [2.45, 2.75) is 48.3 Å². The van der Waals surface area contributed by atoms with E-state index in [-0.39, 0.29) is 22.9 Å². The van der Waals surface area contributed by atoms with Gasteiger partial charge in [0.2, 0.25) is 11.8 Å². The molecule has 190 valence electrons. The predicted molar refractivity (Wildman–Crippen MR) is 140 cm³/mol. The van der Waals surface area contributed by atoms with Crippen molar-refractivity contribution >= 4 is 15.9 Å². The molecule has 6 aliphatic rings. The monoisotopic (exact) mass is 561 g/mol. The number of halogens is 1. The Labute approximate surface area is 223 Å². The minimum absolute atomic E-state index is 0.131. The number of benzene rings is 2. The van der Waals surface area contributed by atoms with Crippen molar-refractivity contribution in [3.05, 3.63) is 70.0 Å². The first-order chi connectivity index (χ1) is 18.0. The van der Waals surface area contributed by atoms with Crippen molar-refractivity contribution in [2.24, 2.45) is 5.41 Å². The van der Waals surface area contributed by atoms with Crippen molar-refractivity contribution in [3.63, 3.8) is 0 Å². The summed E-state index contributed by atoms with van der Waals surface area (Å²) in [5.74, 6) is 2.69. The number of ether oxygens (including phenoxy) is 3. The zero-order valence-corrected chi connectivity index (χ0v) is 22.6. The van der Waals surface area contributed by atoms with Gasteiger partial charge in [-0.15, -0.1) is 10.2 Å². The van der Waals surface area contributed by atoms with Crippen LogP contribution in [0.3, 0.4) is 0 Å². The molecule has 1 saturated carbocycles. The van der Waals surface area contributed by atoms with Gasteiger partial charge in [-0.05, 0) is 68.8 Å². The molecule has 4 aliphatic carbocycles. The smallest absolute Gasteiger partial charge is 0.247 e. The third kappa shape index (κ3) is 2.46. The van der Waals surface area contributed by atoms with E-state index in [0.29, 0.717) is 17.8 Å². The summed E-state index contributed by atoms with van der Waals surface area (Å²) < 4.78 is 26.7. The lowest BCUT2D eigenvalue weighted by molar-refractivity contribution is -0.200. The molecule has 9 rings (SSSR count). The summed E-state index contributed by atoms with van der Waals surface area (Å²) in [7, 11) is 5.78. The Kier molecular flexibility index (Phi) is 4.37. The van der Waals surface area contributed by atoms with Crippen LogP contribution in [-0.4, -0.2) is 60.7 Å². The number of aromatic nitrogens is 2. The standard InChI is InChI=1S/C29H28BrN3O4/c1-33-13-12-28-22-17-6-9-20(34-2)23(22)36-26(28)29(35-3)11-10-27(28,21(33)14-17)15-19(29)25-32-31-24(37-25)16-4-7-18(30)8-5-16/h4-11,19,21,26H,12-15H2,1-3H3/t19-,21+,26-,27+,28-,29+/m0/s1. The molecule has 0 N–H and O–H groups in total. The van der Waals surface area contributed by atoms with Gasteiger partial charge in [0.15, 0.2) is 11.5 Å². The second kappa shape index (κ2) is 7.24. The van der Waals surface area contributed by atoms with Crippen LogP contribution in [0.1, 0.15) is 35.8 Å². The van der Waals surface area contributed by atoms with Gasteiger partial charge in [-0.2, -0.15) is 0 Å². The molecule has 6 atom stereocenters. The Morgan fingerprint density at radius 2 is 1.92 bits per heavy atom. The molecule has 3 heterocycles. The Bertz CT molecular complexity index is 1470. The van der Waals surface area contributed by atoms with Crippen LogP contribution in [0.5, 0.6) is 11.5 Å². The molecule has 2 spiro atoms. The molecule has 37 heavy (non-hydrogen) atoms. The minimum Gasteiger partial charge on any atom is -0.493 e. The number of piperidine rings is 1. The number of likely N-dealkylation sites (N-methyl/N-ethyl adjacent to an activating group) is 1. The first-order valence-corrected chi connectivity index (χ1v) is 13.7. The number of hydrogen-bond acceptors (Lipinski definition) is 7. The van der Waals surface area contributed by atoms with Crippen LogP contribution >= 0.6 is 15.9 Å². The van der Waals surface area contributed by atoms with E-state index in [1.807, 2.05) is 24.3 Å². The highest BCUT2D eigenvalue weighted by molar-refractivity contribution is 9.10. The van der Waals surface area contributed by atoms with Crippen LogP contribution in [0.4, 0.5) is 0 Å². The summed E-state index contributed by atoms with van der Waals surface area (Å²) in [6, 6.07) is 12.6. The molecule has 1 aromatic heterocycles. The topological polar surface area (TPSA) is 69.8 Å². The van der Waals surface area contributed by atoms with Gasteiger partial charge >= 0.3 is 0 Å². The number of hydrogen-bond donors (Lipinski definition) is 0. The fourth-order valence-corrected chi connectivity index (χ4v) is 8.83. The lowest BCUT2D eigenvalue weighted by Crippen LogP contribution is -2.78. The average molecular weight is 562 g/mol. The summed E-state index contributed by atoms with van der Waals surface area (Å²) in [6.07, 6.45) is 7.35. The quantitative estimate of drug-likeness (QED) is 0.420. The summed E-state index contributed by atoms with van der Waals surface area (Å²) in [5.41, 5.74) is 2.56. The van der Waals surface area contributed by atoms with Crippen molar-refractivity contribution < 1.29 is 18.6 Å². The molecular formula is C29H28BrN3O4. The minimum atomic E-state index is -0.732. The molecule has 2 aromatic carbocycles. The highest BCUT2D eigenvalue weighted by atomic mass is 79.9. The van der Waals surface area contributed by atoms with Crippen LogP contribution < -0.4 is 9.47 Å². The molecule has 0 radical (unpaired) electrons. The third-order valence-electron chi connectivity index (χ3n) is 10.1. The molecular weight excluding hydrogens is 534 g/mol. The zero-order valence-electron chi connectivity index (χ0n) is 21.0. The van der Waals surface area contributed by atoms with Gasteiger partial charge in [0.1, 0.15) is 11.7 Å². The van der Waals surface area contributed by atoms with E-state index < -0.39 is 5.60 Å². The Morgan fingerprint density at radius 3 is 2.70 bits per heavy atom. The molecule has 4 bridgehead atoms. The van der Waals surface area contributed by atoms with E-state index in [1.54, 1.807) is 14.2 Å². The number of methoxy groups -OCH3 is 2. The Balaban J connectivity index is 1.33. The molecule has 8 heteroatoms. The van der Waals surface area contributed by atoms with Crippen molar-refractivity contribution in [1.29, 1.82) is 0 Å². The van der Waals surface area contributed by atoms with Gasteiger partial charge < -0.3 is 23.5 Å². The maximum Gasteiger partial charge on any atom is 0.247 e. The van der Waals surface area contributed by atoms with Gasteiger partial charge in [-0.3, -0.25) is 0 Å². The molecule has 1 saturated heterocycles. The van der Waals surface area contributed by atoms with Crippen LogP contribution in [-0.2, 0) is 16.6 Å². The van der Waals surface area contributed by atoms with E-state index in [0.717, 1.165) is 47.3 Å². The third-order valence-corrected chi connectivity index (χ3v) is 10.6. The Morgan fingerprint density at radius 1 is 1.08 bits per heavy atom. The van der Waals surface area contributed by atoms with E-state index >= 15 is 0 Å². The largest absolute Gasteiger partial charge is 0.493 e. The highest BCUT2D eigenvalue weighted by Crippen LogP contribution is 2.75. The van der Waals surface area contributed by atoms with Crippen LogP contribution in [0.15, 0.2) is 57.4 Å². The molecule has 2 fully saturated rings. The maximum atomic E-state index is 7.00. The SMILES string of the molecule is COc1ccc2c3c1O[C@@H]1[C@@]4(OC)C=C[C@@]5(C[C@H]4c4nnc(-c6ccc(Br)cc6)o4)[C@@H](C2)N(C)CC[C@]315. The van der Waals surface area contributed by atoms with Crippen LogP contribution in [0.2, 0.25) is 0 Å². The summed E-state index contributed by atoms with van der Waals surface area (Å²) in [5, 5.41) is 9.06. The van der Waals surface area contributed by atoms with Gasteiger partial charge in [-0.25, -0.2) is 0 Å². The van der Waals surface area contributed by atoms with Gasteiger partial charge in [0, 0.05) is 34.2 Å². The maximum absolute atomic E-state index is 7.00. The normalized spacial score (nSPS) is 36.4. The molecule has 3 aromatic rings. The molecule has 0 amide bonds. The zero-order chi connectivity index (χ0) is 25.2. The van der Waals surface area contributed by atoms with E-state index in [9.17, 15) is 0 Å². The second-order valence-electron chi connectivity index (χ2n) is 11.2. The number of likely N-dealkylation sites (tertiary alicyclic amines) is 1. The van der Waals surface area contributed by atoms with Crippen LogP contribution in [0, 0.1) is 5.41 Å². The number of nitrogens with zero attached hydrogens (tertiary/aromatic N) is 3. The van der Waals surface area contributed by atoms with E-state index in [1.165, 1.54) is 11.1 Å². The van der Waals surface area contributed by atoms with Gasteiger partial charge in [0.05, 0.1) is 18.4 Å². The fourth-order valence-electron chi connectivity index (χ4n) is 8.57. The Hall–Kier alpha value is -2.68. The summed E-state index contributed by atoms with van der Waals surface area (Å²) in [4.78, 5) is 2.54. The van der Waals surface area contributed by atoms with Crippen molar-refractivity contribution in [3.8, 4) is 23.0 Å². The lowest BCUT2D eigenvalue weighted by Gasteiger charge is -2.70. The lowest BCUT2D eigenvalue weighted by atomic mass is 9.37. The van der Waals surface area contributed by atoms with Gasteiger partial charge in [0.25, 0.3) is 0 Å². The van der Waals surface area contributed by atoms with E-state index in [4.69, 9.17) is 18.6 Å². The summed E-state index contributed by atoms with van der Waals surface area (Å²) >= 11 is 3.50. The van der Waals surface area contributed by atoms with Crippen molar-refractivity contribution in [1.82, 2.24) is 15.1 Å². The average Bonchev–Trinajstić information content (AvgIpc) is 3.55. The van der Waals surface area contributed by atoms with E-state index in [2.05, 4.69) is 62.4 Å². The van der Waals surface area contributed by atoms with Crippen LogP contribution in [0.25, 0.3) is 11.5 Å². The molecule has 2 aliphatic heterocycles. The molecule has 0 unspecified atom stereocenters. The highest BCUT2D eigenvalue weighted by Gasteiger charge is 2.79. The number of fused-ring (bicyclic) bond motifs is 1. The van der Waals surface area contributed by atoms with Gasteiger partial charge in [-0.1, -0.05) is 34.1 Å². The number of rotatable bonds is 4. The second-order valence-corrected chi connectivity index (χ2v) is 12.1. The van der Waals surface area contributed by atoms with Crippen molar-refractivity contribution in [2.75, 3.05) is 27.8 Å². The fraction of sp³-hybridized carbons (Fsp3) is 0.448. The first kappa shape index (κ1) is 22.3. The molecule has 7 nitrogen and oxygen atoms in total. The first-order valence-electron chi connectivity index (χ1n) is 12.9. The predicted octanol–water partition coefficient (Wildman–Crippen LogP) is 4.90. The summed E-state index contributed by atoms with van der Waals surface area (Å²) in [6.45, 7) is 1.02.